The zero-order chi connectivity index (χ0) is 63.6. The molecule has 466 valence electrons. The maximum atomic E-state index is 11.7. The Kier molecular flexibility index (Phi) is 33.0. The molecule has 8 aromatic carbocycles. The highest BCUT2D eigenvalue weighted by molar-refractivity contribution is 5.86. The van der Waals surface area contributed by atoms with E-state index in [1.807, 2.05) is 70.2 Å². The maximum Gasteiger partial charge on any atom is 0.314 e. The average Bonchev–Trinajstić information content (AvgIpc) is 3.78. The van der Waals surface area contributed by atoms with E-state index in [-0.39, 0.29) is 29.2 Å². The number of rotatable bonds is 17. The molecule has 6 atom stereocenters. The smallest absolute Gasteiger partial charge is 0.314 e. The molecule has 1 aliphatic carbocycles. The molecular weight excluding hydrogens is 1060 g/mol. The fourth-order valence-electron chi connectivity index (χ4n) is 10.0. The zero-order valence-electron chi connectivity index (χ0n) is 56.3. The topological polar surface area (TPSA) is 52.6 Å². The van der Waals surface area contributed by atoms with E-state index in [4.69, 9.17) is 9.47 Å². The van der Waals surface area contributed by atoms with Gasteiger partial charge in [-0.2, -0.15) is 0 Å². The summed E-state index contributed by atoms with van der Waals surface area (Å²) in [4.78, 5) is 23.0. The van der Waals surface area contributed by atoms with Gasteiger partial charge in [0, 0.05) is 0 Å². The van der Waals surface area contributed by atoms with Crippen LogP contribution in [-0.4, -0.2) is 11.9 Å². The first kappa shape index (κ1) is 72.4. The van der Waals surface area contributed by atoms with Gasteiger partial charge in [0.25, 0.3) is 0 Å². The van der Waals surface area contributed by atoms with Crippen LogP contribution in [0.5, 0.6) is 5.75 Å². The molecule has 0 heterocycles. The highest BCUT2D eigenvalue weighted by Gasteiger charge is 2.18. The highest BCUT2D eigenvalue weighted by Crippen LogP contribution is 2.34. The summed E-state index contributed by atoms with van der Waals surface area (Å²) < 4.78 is 10.5. The molecule has 0 spiro atoms. The molecule has 87 heavy (non-hydrogen) atoms. The van der Waals surface area contributed by atoms with Crippen LogP contribution in [0.15, 0.2) is 206 Å². The third kappa shape index (κ3) is 25.7. The van der Waals surface area contributed by atoms with Gasteiger partial charge in [0.1, 0.15) is 12.4 Å². The van der Waals surface area contributed by atoms with Crippen molar-refractivity contribution >= 4 is 22.7 Å². The van der Waals surface area contributed by atoms with Gasteiger partial charge >= 0.3 is 11.9 Å². The Hall–Kier alpha value is -7.04. The maximum absolute atomic E-state index is 11.7. The molecule has 1 aliphatic rings. The van der Waals surface area contributed by atoms with E-state index in [0.29, 0.717) is 41.9 Å². The number of carbonyl (C=O) groups excluding carboxylic acids is 2. The molecular formula is C83H110O4. The van der Waals surface area contributed by atoms with Crippen molar-refractivity contribution in [3.63, 3.8) is 0 Å². The SMILES string of the molecule is CCC(C)C(=O)OCc1ccccc1.CCC(C)C(=O)Oc1ccc(C2CCCCC2)cc1.CCC(C)c1ccc(-c2ccccc2)cc1.CCC(C)c1ccc(C(C)(C)C)cc1.CCC(C)c1cccc2ccccc12.CCC(C)c1ccccc1. The van der Waals surface area contributed by atoms with Crippen LogP contribution in [0.3, 0.4) is 0 Å². The number of benzene rings is 8. The number of hydrogen-bond donors (Lipinski definition) is 0. The molecule has 6 unspecified atom stereocenters. The van der Waals surface area contributed by atoms with E-state index < -0.39 is 0 Å². The molecule has 0 radical (unpaired) electrons. The van der Waals surface area contributed by atoms with Gasteiger partial charge in [0.05, 0.1) is 11.8 Å². The molecule has 0 aliphatic heterocycles. The molecule has 4 nitrogen and oxygen atoms in total. The molecule has 8 aromatic rings. The molecule has 0 amide bonds. The number of hydrogen-bond acceptors (Lipinski definition) is 4. The Bertz CT molecular complexity index is 3070. The Morgan fingerprint density at radius 1 is 0.425 bits per heavy atom. The highest BCUT2D eigenvalue weighted by atomic mass is 16.5. The predicted octanol–water partition coefficient (Wildman–Crippen LogP) is 24.4. The minimum absolute atomic E-state index is 0.00119. The Balaban J connectivity index is 0.000000225. The second kappa shape index (κ2) is 39.7. The van der Waals surface area contributed by atoms with Crippen molar-refractivity contribution in [1.29, 1.82) is 0 Å². The summed E-state index contributed by atoms with van der Waals surface area (Å²) >= 11 is 0. The second-order valence-corrected chi connectivity index (χ2v) is 25.1. The van der Waals surface area contributed by atoms with E-state index in [1.54, 1.807) is 0 Å². The van der Waals surface area contributed by atoms with Crippen molar-refractivity contribution in [1.82, 2.24) is 0 Å². The van der Waals surface area contributed by atoms with Crippen molar-refractivity contribution in [3.8, 4) is 16.9 Å². The monoisotopic (exact) mass is 1170 g/mol. The van der Waals surface area contributed by atoms with Crippen LogP contribution in [0.2, 0.25) is 0 Å². The summed E-state index contributed by atoms with van der Waals surface area (Å²) in [6, 6.07) is 72.2. The van der Waals surface area contributed by atoms with Gasteiger partial charge in [-0.1, -0.05) is 317 Å². The van der Waals surface area contributed by atoms with E-state index in [1.165, 1.54) is 113 Å². The van der Waals surface area contributed by atoms with Crippen molar-refractivity contribution in [2.24, 2.45) is 11.8 Å². The average molecular weight is 1170 g/mol. The Morgan fingerprint density at radius 3 is 1.37 bits per heavy atom. The van der Waals surface area contributed by atoms with Crippen molar-refractivity contribution in [2.75, 3.05) is 0 Å². The first-order valence-electron chi connectivity index (χ1n) is 33.2. The van der Waals surface area contributed by atoms with Gasteiger partial charge in [0.2, 0.25) is 0 Å². The van der Waals surface area contributed by atoms with Gasteiger partial charge in [-0.25, -0.2) is 0 Å². The summed E-state index contributed by atoms with van der Waals surface area (Å²) in [6.07, 6.45) is 13.1. The lowest BCUT2D eigenvalue weighted by Crippen LogP contribution is -2.16. The predicted molar refractivity (Wildman–Crippen MR) is 375 cm³/mol. The van der Waals surface area contributed by atoms with Crippen LogP contribution in [-0.2, 0) is 26.3 Å². The summed E-state index contributed by atoms with van der Waals surface area (Å²) in [7, 11) is 0. The lowest BCUT2D eigenvalue weighted by Gasteiger charge is -2.22. The van der Waals surface area contributed by atoms with Crippen LogP contribution in [0.1, 0.15) is 243 Å². The van der Waals surface area contributed by atoms with E-state index in [2.05, 4.69) is 240 Å². The Labute approximate surface area is 529 Å². The molecule has 0 N–H and O–H groups in total. The zero-order valence-corrected chi connectivity index (χ0v) is 56.3. The minimum Gasteiger partial charge on any atom is -0.461 e. The van der Waals surface area contributed by atoms with Crippen molar-refractivity contribution < 1.29 is 19.1 Å². The fourth-order valence-corrected chi connectivity index (χ4v) is 10.0. The van der Waals surface area contributed by atoms with Gasteiger partial charge in [0.15, 0.2) is 0 Å². The van der Waals surface area contributed by atoms with Gasteiger partial charge in [-0.05, 0) is 159 Å². The van der Waals surface area contributed by atoms with Crippen molar-refractivity contribution in [2.45, 2.75) is 216 Å². The number of carbonyl (C=O) groups is 2. The van der Waals surface area contributed by atoms with Crippen molar-refractivity contribution in [3.05, 3.63) is 245 Å². The third-order valence-electron chi connectivity index (χ3n) is 17.5. The molecule has 0 bridgehead atoms. The minimum atomic E-state index is -0.132. The van der Waals surface area contributed by atoms with Crippen LogP contribution >= 0.6 is 0 Å². The number of ether oxygens (including phenoxy) is 2. The Morgan fingerprint density at radius 2 is 0.862 bits per heavy atom. The van der Waals surface area contributed by atoms with Crippen LogP contribution < -0.4 is 4.74 Å². The standard InChI is InChI=1S/C17H24O2.C16H18.C14H16.C14H22.C12H16O2.C10H14/c1-3-13(2)17(18)19-16-11-9-15(10-12-16)14-7-5-4-6-8-14;1-3-13(2)14-9-11-16(12-10-14)15-7-5-4-6-8-15;1-3-11(2)13-10-6-8-12-7-4-5-9-14(12)13;1-6-11(2)12-7-9-13(10-8-12)14(3,4)5;1-3-10(2)12(13)14-9-11-7-5-4-6-8-11;1-3-9(2)10-7-5-4-6-8-10/h9-14H,3-8H2,1-2H3;4-13H,3H2,1-2H3;4-11H,3H2,1-2H3;7-11H,6H2,1-5H3;4-8,10H,3,9H2,1-2H3;4-9H,3H2,1-2H3. The molecule has 1 fully saturated rings. The lowest BCUT2D eigenvalue weighted by atomic mass is 9.84. The van der Waals surface area contributed by atoms with Crippen LogP contribution in [0.4, 0.5) is 0 Å². The van der Waals surface area contributed by atoms with Gasteiger partial charge in [-0.3, -0.25) is 9.59 Å². The molecule has 4 heteroatoms. The summed E-state index contributed by atoms with van der Waals surface area (Å²) in [5.74, 6) is 3.80. The van der Waals surface area contributed by atoms with E-state index in [0.717, 1.165) is 18.4 Å². The number of fused-ring (bicyclic) bond motifs is 1. The van der Waals surface area contributed by atoms with Gasteiger partial charge in [-0.15, -0.1) is 0 Å². The van der Waals surface area contributed by atoms with Crippen LogP contribution in [0, 0.1) is 11.8 Å². The summed E-state index contributed by atoms with van der Waals surface area (Å²) in [5.41, 5.74) is 12.5. The van der Waals surface area contributed by atoms with Crippen LogP contribution in [0.25, 0.3) is 21.9 Å². The lowest BCUT2D eigenvalue weighted by molar-refractivity contribution is -0.149. The first-order chi connectivity index (χ1) is 41.9. The molecule has 0 aromatic heterocycles. The van der Waals surface area contributed by atoms with Gasteiger partial charge < -0.3 is 9.47 Å². The quantitative estimate of drug-likeness (QED) is 0.0673. The summed E-state index contributed by atoms with van der Waals surface area (Å²) in [5, 5.41) is 2.76. The number of esters is 2. The summed E-state index contributed by atoms with van der Waals surface area (Å²) in [6.45, 7) is 33.0. The molecule has 0 saturated heterocycles. The first-order valence-corrected chi connectivity index (χ1v) is 33.2. The second-order valence-electron chi connectivity index (χ2n) is 25.1. The van der Waals surface area contributed by atoms with E-state index in [9.17, 15) is 9.59 Å². The molecule has 9 rings (SSSR count). The molecule has 1 saturated carbocycles. The third-order valence-corrected chi connectivity index (χ3v) is 17.5. The van der Waals surface area contributed by atoms with E-state index >= 15 is 0 Å². The normalized spacial score (nSPS) is 14.0. The largest absolute Gasteiger partial charge is 0.461 e. The fraction of sp³-hybridized carbons (Fsp3) is 0.422.